The van der Waals surface area contributed by atoms with Crippen molar-refractivity contribution < 1.29 is 13.9 Å². The molecule has 1 aliphatic heterocycles. The molecule has 1 fully saturated rings. The minimum atomic E-state index is -0.0752. The van der Waals surface area contributed by atoms with Gasteiger partial charge in [-0.3, -0.25) is 10.1 Å². The molecule has 19 heavy (non-hydrogen) atoms. The smallest absolute Gasteiger partial charge is 0.236 e. The van der Waals surface area contributed by atoms with Crippen LogP contribution in [-0.2, 0) is 9.53 Å². The van der Waals surface area contributed by atoms with Crippen LogP contribution in [0.15, 0.2) is 22.8 Å². The van der Waals surface area contributed by atoms with E-state index in [1.807, 2.05) is 17.0 Å². The van der Waals surface area contributed by atoms with Gasteiger partial charge in [-0.1, -0.05) is 0 Å². The number of carbonyl (C=O) groups excluding carboxylic acids is 1. The Balaban J connectivity index is 1.82. The zero-order valence-electron chi connectivity index (χ0n) is 11.4. The summed E-state index contributed by atoms with van der Waals surface area (Å²) < 4.78 is 10.5. The number of ether oxygens (including phenoxy) is 1. The molecule has 0 bridgehead atoms. The first-order valence-electron chi connectivity index (χ1n) is 6.84. The standard InChI is InChI=1S/C14H22N2O3/c1-18-11-12(13-6-5-9-19-13)15-10-14(17)16-7-3-2-4-8-16/h5-6,9,12,15H,2-4,7-8,10-11H2,1H3. The summed E-state index contributed by atoms with van der Waals surface area (Å²) in [6, 6.07) is 3.66. The minimum absolute atomic E-state index is 0.0752. The van der Waals surface area contributed by atoms with Gasteiger partial charge in [-0.2, -0.15) is 0 Å². The summed E-state index contributed by atoms with van der Waals surface area (Å²) in [5.74, 6) is 0.959. The molecule has 0 saturated carbocycles. The lowest BCUT2D eigenvalue weighted by molar-refractivity contribution is -0.131. The lowest BCUT2D eigenvalue weighted by Crippen LogP contribution is -2.42. The number of amides is 1. The van der Waals surface area contributed by atoms with Crippen LogP contribution in [0.3, 0.4) is 0 Å². The molecular formula is C14H22N2O3. The van der Waals surface area contributed by atoms with Crippen LogP contribution in [0.25, 0.3) is 0 Å². The lowest BCUT2D eigenvalue weighted by Gasteiger charge is -2.27. The van der Waals surface area contributed by atoms with E-state index in [0.717, 1.165) is 31.7 Å². The summed E-state index contributed by atoms with van der Waals surface area (Å²) in [5.41, 5.74) is 0. The van der Waals surface area contributed by atoms with Crippen LogP contribution in [0.4, 0.5) is 0 Å². The third-order valence-electron chi connectivity index (χ3n) is 3.43. The summed E-state index contributed by atoms with van der Waals surface area (Å²) in [4.78, 5) is 14.0. The largest absolute Gasteiger partial charge is 0.468 e. The maximum atomic E-state index is 12.1. The summed E-state index contributed by atoms with van der Waals surface area (Å²) in [5, 5.41) is 3.21. The van der Waals surface area contributed by atoms with E-state index in [1.54, 1.807) is 13.4 Å². The van der Waals surface area contributed by atoms with Gasteiger partial charge < -0.3 is 14.1 Å². The molecule has 1 saturated heterocycles. The van der Waals surface area contributed by atoms with Crippen molar-refractivity contribution in [2.45, 2.75) is 25.3 Å². The van der Waals surface area contributed by atoms with Crippen molar-refractivity contribution in [3.8, 4) is 0 Å². The average Bonchev–Trinajstić information content (AvgIpc) is 2.98. The molecule has 2 heterocycles. The van der Waals surface area contributed by atoms with E-state index in [1.165, 1.54) is 6.42 Å². The Morgan fingerprint density at radius 1 is 1.47 bits per heavy atom. The number of carbonyl (C=O) groups is 1. The van der Waals surface area contributed by atoms with Gasteiger partial charge in [-0.05, 0) is 31.4 Å². The topological polar surface area (TPSA) is 54.7 Å². The van der Waals surface area contributed by atoms with Crippen LogP contribution < -0.4 is 5.32 Å². The number of furan rings is 1. The normalized spacial score (nSPS) is 17.4. The van der Waals surface area contributed by atoms with Crippen LogP contribution in [0.1, 0.15) is 31.1 Å². The number of nitrogens with zero attached hydrogens (tertiary/aromatic N) is 1. The van der Waals surface area contributed by atoms with Crippen LogP contribution in [-0.4, -0.2) is 44.2 Å². The fourth-order valence-corrected chi connectivity index (χ4v) is 2.36. The van der Waals surface area contributed by atoms with E-state index in [-0.39, 0.29) is 11.9 Å². The van der Waals surface area contributed by atoms with Gasteiger partial charge >= 0.3 is 0 Å². The Labute approximate surface area is 113 Å². The number of methoxy groups -OCH3 is 1. The monoisotopic (exact) mass is 266 g/mol. The number of rotatable bonds is 6. The first-order chi connectivity index (χ1) is 9.31. The van der Waals surface area contributed by atoms with Gasteiger partial charge in [0.1, 0.15) is 5.76 Å². The SMILES string of the molecule is COCC(NCC(=O)N1CCCCC1)c1ccco1. The summed E-state index contributed by atoms with van der Waals surface area (Å²) in [6.07, 6.45) is 5.10. The third-order valence-corrected chi connectivity index (χ3v) is 3.43. The van der Waals surface area contributed by atoms with E-state index >= 15 is 0 Å². The first kappa shape index (κ1) is 14.1. The molecule has 1 aromatic heterocycles. The Morgan fingerprint density at radius 3 is 2.89 bits per heavy atom. The second-order valence-electron chi connectivity index (χ2n) is 4.85. The fourth-order valence-electron chi connectivity index (χ4n) is 2.36. The van der Waals surface area contributed by atoms with Crippen LogP contribution in [0.5, 0.6) is 0 Å². The predicted molar refractivity (Wildman–Crippen MR) is 71.8 cm³/mol. The molecule has 1 atom stereocenters. The Bertz CT molecular complexity index is 372. The van der Waals surface area contributed by atoms with Crippen molar-refractivity contribution in [1.29, 1.82) is 0 Å². The zero-order chi connectivity index (χ0) is 13.5. The highest BCUT2D eigenvalue weighted by molar-refractivity contribution is 5.78. The molecule has 0 radical (unpaired) electrons. The number of likely N-dealkylation sites (tertiary alicyclic amines) is 1. The van der Waals surface area contributed by atoms with Crippen molar-refractivity contribution in [1.82, 2.24) is 10.2 Å². The second-order valence-corrected chi connectivity index (χ2v) is 4.85. The van der Waals surface area contributed by atoms with Gasteiger partial charge in [0.25, 0.3) is 0 Å². The highest BCUT2D eigenvalue weighted by Crippen LogP contribution is 2.14. The predicted octanol–water partition coefficient (Wildman–Crippen LogP) is 1.57. The maximum absolute atomic E-state index is 12.1. The highest BCUT2D eigenvalue weighted by Gasteiger charge is 2.19. The zero-order valence-corrected chi connectivity index (χ0v) is 11.4. The van der Waals surface area contributed by atoms with Gasteiger partial charge in [0.05, 0.1) is 25.5 Å². The highest BCUT2D eigenvalue weighted by atomic mass is 16.5. The molecule has 1 aromatic rings. The molecule has 0 aromatic carbocycles. The molecule has 106 valence electrons. The first-order valence-corrected chi connectivity index (χ1v) is 6.84. The van der Waals surface area contributed by atoms with Crippen molar-refractivity contribution in [2.24, 2.45) is 0 Å². The molecule has 5 nitrogen and oxygen atoms in total. The van der Waals surface area contributed by atoms with E-state index in [4.69, 9.17) is 9.15 Å². The Kier molecular flexibility index (Phi) is 5.42. The molecule has 2 rings (SSSR count). The minimum Gasteiger partial charge on any atom is -0.468 e. The number of hydrogen-bond donors (Lipinski definition) is 1. The summed E-state index contributed by atoms with van der Waals surface area (Å²) in [7, 11) is 1.64. The summed E-state index contributed by atoms with van der Waals surface area (Å²) in [6.45, 7) is 2.59. The van der Waals surface area contributed by atoms with Crippen molar-refractivity contribution in [3.05, 3.63) is 24.2 Å². The van der Waals surface area contributed by atoms with Crippen LogP contribution >= 0.6 is 0 Å². The van der Waals surface area contributed by atoms with Gasteiger partial charge in [-0.15, -0.1) is 0 Å². The molecule has 1 amide bonds. The molecule has 1 N–H and O–H groups in total. The fraction of sp³-hybridized carbons (Fsp3) is 0.643. The van der Waals surface area contributed by atoms with Crippen molar-refractivity contribution in [2.75, 3.05) is 33.4 Å². The van der Waals surface area contributed by atoms with Crippen LogP contribution in [0, 0.1) is 0 Å². The number of piperidine rings is 1. The molecular weight excluding hydrogens is 244 g/mol. The van der Waals surface area contributed by atoms with Crippen molar-refractivity contribution in [3.63, 3.8) is 0 Å². The summed E-state index contributed by atoms with van der Waals surface area (Å²) >= 11 is 0. The van der Waals surface area contributed by atoms with Gasteiger partial charge in [0, 0.05) is 20.2 Å². The lowest BCUT2D eigenvalue weighted by atomic mass is 10.1. The van der Waals surface area contributed by atoms with Crippen LogP contribution in [0.2, 0.25) is 0 Å². The Morgan fingerprint density at radius 2 is 2.26 bits per heavy atom. The van der Waals surface area contributed by atoms with E-state index in [0.29, 0.717) is 13.2 Å². The van der Waals surface area contributed by atoms with Gasteiger partial charge in [0.15, 0.2) is 0 Å². The molecule has 0 aliphatic carbocycles. The molecule has 1 aliphatic rings. The van der Waals surface area contributed by atoms with E-state index < -0.39 is 0 Å². The average molecular weight is 266 g/mol. The maximum Gasteiger partial charge on any atom is 0.236 e. The quantitative estimate of drug-likeness (QED) is 0.849. The molecule has 5 heteroatoms. The number of hydrogen-bond acceptors (Lipinski definition) is 4. The molecule has 0 spiro atoms. The third kappa shape index (κ3) is 4.08. The Hall–Kier alpha value is -1.33. The van der Waals surface area contributed by atoms with Gasteiger partial charge in [0.2, 0.25) is 5.91 Å². The number of nitrogens with one attached hydrogen (secondary N) is 1. The second kappa shape index (κ2) is 7.31. The van der Waals surface area contributed by atoms with E-state index in [9.17, 15) is 4.79 Å². The molecule has 1 unspecified atom stereocenters. The van der Waals surface area contributed by atoms with Gasteiger partial charge in [-0.25, -0.2) is 0 Å². The van der Waals surface area contributed by atoms with E-state index in [2.05, 4.69) is 5.32 Å². The van der Waals surface area contributed by atoms with Crippen molar-refractivity contribution >= 4 is 5.91 Å².